The van der Waals surface area contributed by atoms with Crippen LogP contribution in [0.15, 0.2) is 10.6 Å². The number of hydrogen-bond acceptors (Lipinski definition) is 4. The molecule has 2 rings (SSSR count). The number of aromatic nitrogens is 1. The van der Waals surface area contributed by atoms with Gasteiger partial charge in [0.15, 0.2) is 5.69 Å². The van der Waals surface area contributed by atoms with Gasteiger partial charge in [0.25, 0.3) is 5.91 Å². The van der Waals surface area contributed by atoms with Crippen molar-refractivity contribution in [2.24, 2.45) is 5.92 Å². The molecule has 1 aromatic heterocycles. The molecule has 22 heavy (non-hydrogen) atoms. The Bertz CT molecular complexity index is 529. The topological polar surface area (TPSA) is 104 Å². The van der Waals surface area contributed by atoms with Crippen molar-refractivity contribution < 1.29 is 19.2 Å². The van der Waals surface area contributed by atoms with Crippen LogP contribution < -0.4 is 10.6 Å². The van der Waals surface area contributed by atoms with E-state index in [9.17, 15) is 9.59 Å². The van der Waals surface area contributed by atoms with Crippen LogP contribution in [0, 0.1) is 5.92 Å². The number of nitrogens with one attached hydrogen (secondary N) is 2. The first-order valence-electron chi connectivity index (χ1n) is 7.79. The number of aryl methyl sites for hydroxylation is 1. The number of hydrogen-bond donors (Lipinski definition) is 3. The van der Waals surface area contributed by atoms with E-state index < -0.39 is 6.09 Å². The van der Waals surface area contributed by atoms with E-state index in [1.54, 1.807) is 6.07 Å². The molecule has 1 aromatic rings. The van der Waals surface area contributed by atoms with Crippen molar-refractivity contribution in [3.8, 4) is 0 Å². The maximum atomic E-state index is 12.2. The molecule has 0 aromatic carbocycles. The summed E-state index contributed by atoms with van der Waals surface area (Å²) in [5, 5.41) is 18.1. The van der Waals surface area contributed by atoms with E-state index in [2.05, 4.69) is 22.7 Å². The van der Waals surface area contributed by atoms with Gasteiger partial charge in [0.1, 0.15) is 5.76 Å². The van der Waals surface area contributed by atoms with Gasteiger partial charge in [0, 0.05) is 24.6 Å². The highest BCUT2D eigenvalue weighted by Crippen LogP contribution is 2.27. The molecule has 0 unspecified atom stereocenters. The Morgan fingerprint density at radius 2 is 2.14 bits per heavy atom. The van der Waals surface area contributed by atoms with Crippen LogP contribution >= 0.6 is 0 Å². The SMILES string of the molecule is CCc1cc(C(=O)N[C@H]2CC[C@H](NC(=O)O)C[C@H]2CC)no1. The quantitative estimate of drug-likeness (QED) is 0.773. The van der Waals surface area contributed by atoms with Gasteiger partial charge < -0.3 is 20.3 Å². The molecular formula is C15H23N3O4. The molecule has 1 aliphatic carbocycles. The molecule has 0 bridgehead atoms. The van der Waals surface area contributed by atoms with Gasteiger partial charge in [-0.1, -0.05) is 25.4 Å². The van der Waals surface area contributed by atoms with Crippen molar-refractivity contribution in [2.45, 2.75) is 58.0 Å². The average molecular weight is 309 g/mol. The van der Waals surface area contributed by atoms with Crippen molar-refractivity contribution >= 4 is 12.0 Å². The number of carboxylic acid groups (broad SMARTS) is 1. The third-order valence-corrected chi connectivity index (χ3v) is 4.29. The zero-order chi connectivity index (χ0) is 16.1. The Balaban J connectivity index is 1.94. The lowest BCUT2D eigenvalue weighted by atomic mass is 9.80. The van der Waals surface area contributed by atoms with Crippen LogP contribution in [0.2, 0.25) is 0 Å². The summed E-state index contributed by atoms with van der Waals surface area (Å²) in [4.78, 5) is 23.0. The van der Waals surface area contributed by atoms with Crippen LogP contribution in [0.3, 0.4) is 0 Å². The summed E-state index contributed by atoms with van der Waals surface area (Å²) in [6, 6.07) is 1.67. The smallest absolute Gasteiger partial charge is 0.404 e. The summed E-state index contributed by atoms with van der Waals surface area (Å²) in [5.74, 6) is 0.718. The fraction of sp³-hybridized carbons (Fsp3) is 0.667. The number of carbonyl (C=O) groups is 2. The van der Waals surface area contributed by atoms with Crippen LogP contribution in [0.1, 0.15) is 55.8 Å². The van der Waals surface area contributed by atoms with E-state index in [-0.39, 0.29) is 23.9 Å². The van der Waals surface area contributed by atoms with E-state index in [4.69, 9.17) is 9.63 Å². The van der Waals surface area contributed by atoms with Gasteiger partial charge in [-0.3, -0.25) is 4.79 Å². The molecule has 7 heteroatoms. The number of amides is 2. The molecule has 3 N–H and O–H groups in total. The molecule has 0 radical (unpaired) electrons. The van der Waals surface area contributed by atoms with Crippen LogP contribution in [0.5, 0.6) is 0 Å². The standard InChI is InChI=1S/C15H23N3O4/c1-3-9-7-10(16-15(20)21)5-6-12(9)17-14(19)13-8-11(4-2)22-18-13/h8-10,12,16H,3-7H2,1-2H3,(H,17,19)(H,20,21)/t9-,10+,12+/m1/s1. The Hall–Kier alpha value is -2.05. The third-order valence-electron chi connectivity index (χ3n) is 4.29. The highest BCUT2D eigenvalue weighted by atomic mass is 16.5. The van der Waals surface area contributed by atoms with Crippen LogP contribution in [-0.4, -0.2) is 34.3 Å². The third kappa shape index (κ3) is 3.99. The summed E-state index contributed by atoms with van der Waals surface area (Å²) >= 11 is 0. The van der Waals surface area contributed by atoms with Gasteiger partial charge in [-0.25, -0.2) is 4.79 Å². The monoisotopic (exact) mass is 309 g/mol. The first kappa shape index (κ1) is 16.3. The Morgan fingerprint density at radius 1 is 1.36 bits per heavy atom. The number of rotatable bonds is 5. The summed E-state index contributed by atoms with van der Waals surface area (Å²) in [7, 11) is 0. The van der Waals surface area contributed by atoms with Crippen LogP contribution in [-0.2, 0) is 6.42 Å². The highest BCUT2D eigenvalue weighted by Gasteiger charge is 2.31. The summed E-state index contributed by atoms with van der Waals surface area (Å²) in [6.07, 6.45) is 2.83. The maximum Gasteiger partial charge on any atom is 0.404 e. The zero-order valence-corrected chi connectivity index (χ0v) is 13.0. The lowest BCUT2D eigenvalue weighted by Gasteiger charge is -2.35. The Morgan fingerprint density at radius 3 is 2.73 bits per heavy atom. The molecule has 0 aliphatic heterocycles. The van der Waals surface area contributed by atoms with E-state index in [0.717, 1.165) is 25.7 Å². The molecule has 2 amide bonds. The van der Waals surface area contributed by atoms with Crippen molar-refractivity contribution in [3.05, 3.63) is 17.5 Å². The highest BCUT2D eigenvalue weighted by molar-refractivity contribution is 5.92. The van der Waals surface area contributed by atoms with Crippen molar-refractivity contribution in [1.29, 1.82) is 0 Å². The fourth-order valence-corrected chi connectivity index (χ4v) is 3.04. The number of nitrogens with zero attached hydrogens (tertiary/aromatic N) is 1. The molecule has 0 saturated heterocycles. The average Bonchev–Trinajstić information content (AvgIpc) is 2.97. The predicted molar refractivity (Wildman–Crippen MR) is 79.7 cm³/mol. The molecule has 3 atom stereocenters. The second kappa shape index (κ2) is 7.29. The lowest BCUT2D eigenvalue weighted by molar-refractivity contribution is 0.0884. The van der Waals surface area contributed by atoms with Gasteiger partial charge in [-0.15, -0.1) is 0 Å². The largest absolute Gasteiger partial charge is 0.465 e. The van der Waals surface area contributed by atoms with Gasteiger partial charge in [-0.2, -0.15) is 0 Å². The Labute approximate surface area is 129 Å². The molecule has 1 aliphatic rings. The van der Waals surface area contributed by atoms with Crippen molar-refractivity contribution in [2.75, 3.05) is 0 Å². The van der Waals surface area contributed by atoms with E-state index >= 15 is 0 Å². The predicted octanol–water partition coefficient (Wildman–Crippen LogP) is 2.18. The molecule has 122 valence electrons. The van der Waals surface area contributed by atoms with Gasteiger partial charge >= 0.3 is 6.09 Å². The zero-order valence-electron chi connectivity index (χ0n) is 13.0. The van der Waals surface area contributed by atoms with E-state index in [1.807, 2.05) is 6.92 Å². The van der Waals surface area contributed by atoms with Gasteiger partial charge in [0.2, 0.25) is 0 Å². The minimum absolute atomic E-state index is 0.0330. The second-order valence-corrected chi connectivity index (χ2v) is 5.74. The molecule has 1 heterocycles. The fourth-order valence-electron chi connectivity index (χ4n) is 3.04. The van der Waals surface area contributed by atoms with Crippen molar-refractivity contribution in [1.82, 2.24) is 15.8 Å². The van der Waals surface area contributed by atoms with Gasteiger partial charge in [-0.05, 0) is 25.2 Å². The Kier molecular flexibility index (Phi) is 5.41. The minimum atomic E-state index is -0.989. The van der Waals surface area contributed by atoms with Crippen LogP contribution in [0.25, 0.3) is 0 Å². The normalized spacial score (nSPS) is 24.7. The lowest BCUT2D eigenvalue weighted by Crippen LogP contribution is -2.48. The molecule has 1 fully saturated rings. The van der Waals surface area contributed by atoms with E-state index in [1.165, 1.54) is 0 Å². The first-order chi connectivity index (χ1) is 10.5. The molecule has 7 nitrogen and oxygen atoms in total. The van der Waals surface area contributed by atoms with Crippen molar-refractivity contribution in [3.63, 3.8) is 0 Å². The maximum absolute atomic E-state index is 12.2. The number of carbonyl (C=O) groups excluding carboxylic acids is 1. The summed E-state index contributed by atoms with van der Waals surface area (Å²) in [6.45, 7) is 3.99. The summed E-state index contributed by atoms with van der Waals surface area (Å²) in [5.41, 5.74) is 0.303. The van der Waals surface area contributed by atoms with E-state index in [0.29, 0.717) is 17.9 Å². The minimum Gasteiger partial charge on any atom is -0.465 e. The molecule has 1 saturated carbocycles. The summed E-state index contributed by atoms with van der Waals surface area (Å²) < 4.78 is 5.05. The molecule has 0 spiro atoms. The first-order valence-corrected chi connectivity index (χ1v) is 7.79. The second-order valence-electron chi connectivity index (χ2n) is 5.74. The molecular weight excluding hydrogens is 286 g/mol. The van der Waals surface area contributed by atoms with Crippen LogP contribution in [0.4, 0.5) is 4.79 Å². The van der Waals surface area contributed by atoms with Gasteiger partial charge in [0.05, 0.1) is 0 Å².